The highest BCUT2D eigenvalue weighted by molar-refractivity contribution is 7.91. The van der Waals surface area contributed by atoms with Gasteiger partial charge >= 0.3 is 0 Å². The number of amides is 1. The number of nitrogens with one attached hydrogen (secondary N) is 1. The summed E-state index contributed by atoms with van der Waals surface area (Å²) in [5.74, 6) is 0.618. The van der Waals surface area contributed by atoms with Crippen molar-refractivity contribution >= 4 is 44.8 Å². The number of carbonyl (C=O) groups is 1. The number of ether oxygens (including phenoxy) is 1. The van der Waals surface area contributed by atoms with Gasteiger partial charge in [-0.1, -0.05) is 35.3 Å². The van der Waals surface area contributed by atoms with Gasteiger partial charge in [0.25, 0.3) is 5.91 Å². The fraction of sp³-hybridized carbons (Fsp3) is 0.238. The first-order valence-corrected chi connectivity index (χ1v) is 12.1. The van der Waals surface area contributed by atoms with Gasteiger partial charge in [0.15, 0.2) is 16.4 Å². The van der Waals surface area contributed by atoms with Crippen LogP contribution in [0.25, 0.3) is 11.3 Å². The average molecular weight is 480 g/mol. The van der Waals surface area contributed by atoms with Crippen molar-refractivity contribution in [1.82, 2.24) is 9.78 Å². The van der Waals surface area contributed by atoms with Crippen LogP contribution in [0.5, 0.6) is 5.75 Å². The van der Waals surface area contributed by atoms with Gasteiger partial charge in [-0.15, -0.1) is 0 Å². The monoisotopic (exact) mass is 479 g/mol. The largest absolute Gasteiger partial charge is 0.484 e. The van der Waals surface area contributed by atoms with Crippen molar-refractivity contribution in [3.8, 4) is 17.0 Å². The lowest BCUT2D eigenvalue weighted by atomic mass is 10.1. The second kappa shape index (κ2) is 8.90. The molecule has 0 spiro atoms. The molecule has 4 rings (SSSR count). The number of carbonyl (C=O) groups excluding carboxylic acids is 1. The Morgan fingerprint density at radius 1 is 1.10 bits per heavy atom. The highest BCUT2D eigenvalue weighted by Crippen LogP contribution is 2.30. The number of hydrogen-bond donors (Lipinski definition) is 1. The van der Waals surface area contributed by atoms with Crippen LogP contribution in [0.1, 0.15) is 12.5 Å². The van der Waals surface area contributed by atoms with E-state index in [0.717, 1.165) is 5.56 Å². The summed E-state index contributed by atoms with van der Waals surface area (Å²) in [4.78, 5) is 12.5. The van der Waals surface area contributed by atoms with Crippen LogP contribution in [0, 0.1) is 0 Å². The maximum absolute atomic E-state index is 12.5. The third kappa shape index (κ3) is 5.39. The molecule has 0 saturated carbocycles. The summed E-state index contributed by atoms with van der Waals surface area (Å²) < 4.78 is 31.0. The van der Waals surface area contributed by atoms with Crippen LogP contribution >= 0.6 is 23.2 Å². The smallest absolute Gasteiger partial charge is 0.263 e. The topological polar surface area (TPSA) is 90.3 Å². The Hall–Kier alpha value is -2.55. The molecule has 2 heterocycles. The van der Waals surface area contributed by atoms with Crippen LogP contribution < -0.4 is 10.1 Å². The highest BCUT2D eigenvalue weighted by atomic mass is 35.5. The predicted molar refractivity (Wildman–Crippen MR) is 121 cm³/mol. The van der Waals surface area contributed by atoms with E-state index in [9.17, 15) is 13.2 Å². The zero-order valence-corrected chi connectivity index (χ0v) is 18.6. The molecule has 0 aliphatic carbocycles. The third-order valence-corrected chi connectivity index (χ3v) is 7.14. The predicted octanol–water partition coefficient (Wildman–Crippen LogP) is 4.23. The van der Waals surface area contributed by atoms with E-state index in [1.54, 1.807) is 47.1 Å². The normalized spacial score (nSPS) is 17.4. The number of nitrogens with zero attached hydrogens (tertiary/aromatic N) is 2. The van der Waals surface area contributed by atoms with Crippen molar-refractivity contribution in [2.45, 2.75) is 12.5 Å². The Morgan fingerprint density at radius 2 is 1.74 bits per heavy atom. The van der Waals surface area contributed by atoms with Crippen molar-refractivity contribution in [3.63, 3.8) is 0 Å². The van der Waals surface area contributed by atoms with E-state index in [-0.39, 0.29) is 30.1 Å². The van der Waals surface area contributed by atoms with Crippen molar-refractivity contribution in [3.05, 3.63) is 64.6 Å². The van der Waals surface area contributed by atoms with Gasteiger partial charge in [0.1, 0.15) is 11.6 Å². The van der Waals surface area contributed by atoms with Crippen LogP contribution in [0.4, 0.5) is 5.82 Å². The number of hydrogen-bond acceptors (Lipinski definition) is 5. The Bertz CT molecular complexity index is 1190. The molecule has 0 bridgehead atoms. The minimum Gasteiger partial charge on any atom is -0.484 e. The van der Waals surface area contributed by atoms with Gasteiger partial charge in [-0.3, -0.25) is 4.79 Å². The number of anilines is 1. The zero-order valence-electron chi connectivity index (χ0n) is 16.3. The van der Waals surface area contributed by atoms with Gasteiger partial charge in [0.2, 0.25) is 0 Å². The molecule has 1 fully saturated rings. The summed E-state index contributed by atoms with van der Waals surface area (Å²) in [6.45, 7) is -0.216. The molecule has 1 amide bonds. The first-order chi connectivity index (χ1) is 14.8. The van der Waals surface area contributed by atoms with Gasteiger partial charge in [0, 0.05) is 21.7 Å². The minimum absolute atomic E-state index is 0.0150. The van der Waals surface area contributed by atoms with Crippen LogP contribution in [0.15, 0.2) is 54.6 Å². The highest BCUT2D eigenvalue weighted by Gasteiger charge is 2.31. The lowest BCUT2D eigenvalue weighted by Gasteiger charge is -2.14. The van der Waals surface area contributed by atoms with Gasteiger partial charge in [-0.25, -0.2) is 13.1 Å². The van der Waals surface area contributed by atoms with E-state index in [0.29, 0.717) is 33.7 Å². The number of sulfone groups is 1. The lowest BCUT2D eigenvalue weighted by Crippen LogP contribution is -2.23. The summed E-state index contributed by atoms with van der Waals surface area (Å²) in [7, 11) is -3.13. The van der Waals surface area contributed by atoms with Gasteiger partial charge in [-0.05, 0) is 42.8 Å². The molecule has 2 aromatic carbocycles. The van der Waals surface area contributed by atoms with Crippen LogP contribution in [-0.2, 0) is 14.6 Å². The van der Waals surface area contributed by atoms with Crippen LogP contribution in [0.3, 0.4) is 0 Å². The SMILES string of the molecule is O=C(COc1ccc(Cl)cc1)Nc1cc(-c2ccc(Cl)cc2)nn1[C@H]1CCS(=O)(=O)C1. The van der Waals surface area contributed by atoms with Crippen molar-refractivity contribution in [2.75, 3.05) is 23.4 Å². The molecule has 1 atom stereocenters. The molecule has 7 nitrogen and oxygen atoms in total. The van der Waals surface area contributed by atoms with Gasteiger partial charge in [0.05, 0.1) is 23.2 Å². The summed E-state index contributed by atoms with van der Waals surface area (Å²) in [6, 6.07) is 15.2. The Kier molecular flexibility index (Phi) is 6.22. The number of aromatic nitrogens is 2. The molecular formula is C21H19Cl2N3O4S. The number of halogens is 2. The van der Waals surface area contributed by atoms with Gasteiger partial charge in [-0.2, -0.15) is 5.10 Å². The van der Waals surface area contributed by atoms with E-state index < -0.39 is 9.84 Å². The molecule has 10 heteroatoms. The van der Waals surface area contributed by atoms with Crippen molar-refractivity contribution < 1.29 is 17.9 Å². The maximum atomic E-state index is 12.5. The molecule has 1 saturated heterocycles. The number of rotatable bonds is 6. The summed E-state index contributed by atoms with van der Waals surface area (Å²) in [6.07, 6.45) is 0.439. The Morgan fingerprint density at radius 3 is 2.35 bits per heavy atom. The van der Waals surface area contributed by atoms with Crippen LogP contribution in [-0.4, -0.2) is 42.2 Å². The molecule has 3 aromatic rings. The van der Waals surface area contributed by atoms with E-state index in [2.05, 4.69) is 10.4 Å². The van der Waals surface area contributed by atoms with Gasteiger partial charge < -0.3 is 10.1 Å². The fourth-order valence-corrected chi connectivity index (χ4v) is 5.30. The van der Waals surface area contributed by atoms with Crippen LogP contribution in [0.2, 0.25) is 10.0 Å². The lowest BCUT2D eigenvalue weighted by molar-refractivity contribution is -0.118. The minimum atomic E-state index is -3.13. The summed E-state index contributed by atoms with van der Waals surface area (Å²) >= 11 is 11.8. The fourth-order valence-electron chi connectivity index (χ4n) is 3.35. The molecule has 1 aliphatic heterocycles. The van der Waals surface area contributed by atoms with E-state index in [1.165, 1.54) is 0 Å². The van der Waals surface area contributed by atoms with E-state index >= 15 is 0 Å². The summed E-state index contributed by atoms with van der Waals surface area (Å²) in [5, 5.41) is 8.53. The second-order valence-corrected chi connectivity index (χ2v) is 10.3. The van der Waals surface area contributed by atoms with Crippen molar-refractivity contribution in [2.24, 2.45) is 0 Å². The quantitative estimate of drug-likeness (QED) is 0.570. The molecule has 162 valence electrons. The molecule has 0 unspecified atom stereocenters. The molecule has 1 N–H and O–H groups in total. The molecule has 1 aromatic heterocycles. The molecule has 31 heavy (non-hydrogen) atoms. The third-order valence-electron chi connectivity index (χ3n) is 4.88. The number of benzene rings is 2. The first-order valence-electron chi connectivity index (χ1n) is 9.53. The Labute approximate surface area is 189 Å². The zero-order chi connectivity index (χ0) is 22.0. The molecular weight excluding hydrogens is 461 g/mol. The first kappa shape index (κ1) is 21.7. The van der Waals surface area contributed by atoms with E-state index in [1.807, 2.05) is 12.1 Å². The standard InChI is InChI=1S/C21H19Cl2N3O4S/c22-15-3-1-14(2-4-15)19-11-20(26(25-19)17-9-10-31(28,29)13-17)24-21(27)12-30-18-7-5-16(23)6-8-18/h1-8,11,17H,9-10,12-13H2,(H,24,27)/t17-/m0/s1. The Balaban J connectivity index is 1.55. The second-order valence-electron chi connectivity index (χ2n) is 7.21. The van der Waals surface area contributed by atoms with E-state index in [4.69, 9.17) is 27.9 Å². The molecule has 1 aliphatic rings. The average Bonchev–Trinajstić information content (AvgIpc) is 3.31. The maximum Gasteiger partial charge on any atom is 0.263 e. The summed E-state index contributed by atoms with van der Waals surface area (Å²) in [5.41, 5.74) is 1.41. The van der Waals surface area contributed by atoms with Crippen molar-refractivity contribution in [1.29, 1.82) is 0 Å². The molecule has 0 radical (unpaired) electrons.